The van der Waals surface area contributed by atoms with Gasteiger partial charge in [0.2, 0.25) is 6.41 Å². The molecule has 1 heterocycles. The van der Waals surface area contributed by atoms with Gasteiger partial charge in [-0.15, -0.1) is 0 Å². The predicted octanol–water partition coefficient (Wildman–Crippen LogP) is 0.354. The maximum atomic E-state index is 10.3. The van der Waals surface area contributed by atoms with Crippen molar-refractivity contribution in [2.24, 2.45) is 0 Å². The van der Waals surface area contributed by atoms with Gasteiger partial charge in [-0.1, -0.05) is 6.07 Å². The third-order valence-corrected chi connectivity index (χ3v) is 1.41. The second kappa shape index (κ2) is 1.70. The van der Waals surface area contributed by atoms with Crippen molar-refractivity contribution in [1.82, 2.24) is 15.0 Å². The van der Waals surface area contributed by atoms with Gasteiger partial charge < -0.3 is 0 Å². The first kappa shape index (κ1) is 5.22. The van der Waals surface area contributed by atoms with Crippen molar-refractivity contribution in [2.45, 2.75) is 0 Å². The molecular formula is C6H5N3O. The first-order valence-electron chi connectivity index (χ1n) is 2.88. The zero-order valence-corrected chi connectivity index (χ0v) is 5.11. The van der Waals surface area contributed by atoms with Crippen molar-refractivity contribution in [3.63, 3.8) is 0 Å². The van der Waals surface area contributed by atoms with Crippen LogP contribution >= 0.6 is 0 Å². The van der Waals surface area contributed by atoms with Crippen molar-refractivity contribution in [1.29, 1.82) is 0 Å². The molecule has 0 fully saturated rings. The van der Waals surface area contributed by atoms with E-state index in [1.165, 1.54) is 4.68 Å². The zero-order valence-electron chi connectivity index (χ0n) is 5.11. The molecule has 2 rings (SSSR count). The minimum atomic E-state index is 0.690. The molecule has 0 atom stereocenters. The van der Waals surface area contributed by atoms with Gasteiger partial charge in [0, 0.05) is 0 Å². The minimum Gasteiger partial charge on any atom is -0.276 e. The summed E-state index contributed by atoms with van der Waals surface area (Å²) in [5.41, 5.74) is 1.63. The van der Waals surface area contributed by atoms with Gasteiger partial charge in [-0.05, 0) is 12.1 Å². The molecule has 1 aliphatic heterocycles. The van der Waals surface area contributed by atoms with E-state index in [1.54, 1.807) is 0 Å². The molecular weight excluding hydrogens is 130 g/mol. The third-order valence-electron chi connectivity index (χ3n) is 1.41. The lowest BCUT2D eigenvalue weighted by Crippen LogP contribution is -1.96. The second-order valence-electron chi connectivity index (χ2n) is 1.98. The molecule has 2 aliphatic rings. The Morgan fingerprint density at radius 3 is 3.30 bits per heavy atom. The van der Waals surface area contributed by atoms with Gasteiger partial charge in [0.25, 0.3) is 0 Å². The van der Waals surface area contributed by atoms with Crippen LogP contribution in [0.5, 0.6) is 0 Å². The SMILES string of the molecule is O=Cn1[nH]nc2cccc1-2. The van der Waals surface area contributed by atoms with Crippen molar-refractivity contribution in [3.8, 4) is 11.4 Å². The summed E-state index contributed by atoms with van der Waals surface area (Å²) in [4.78, 5) is 10.3. The molecule has 0 spiro atoms. The van der Waals surface area contributed by atoms with Crippen LogP contribution in [-0.2, 0) is 4.79 Å². The third kappa shape index (κ3) is 0.500. The summed E-state index contributed by atoms with van der Waals surface area (Å²) in [6.45, 7) is 0. The summed E-state index contributed by atoms with van der Waals surface area (Å²) < 4.78 is 1.33. The second-order valence-corrected chi connectivity index (χ2v) is 1.98. The van der Waals surface area contributed by atoms with Crippen LogP contribution in [0.25, 0.3) is 11.4 Å². The van der Waals surface area contributed by atoms with Gasteiger partial charge in [0.1, 0.15) is 5.69 Å². The van der Waals surface area contributed by atoms with Gasteiger partial charge in [0.05, 0.1) is 5.69 Å². The summed E-state index contributed by atoms with van der Waals surface area (Å²) >= 11 is 0. The number of aromatic nitrogens is 3. The van der Waals surface area contributed by atoms with E-state index in [2.05, 4.69) is 10.3 Å². The monoisotopic (exact) mass is 135 g/mol. The lowest BCUT2D eigenvalue weighted by molar-refractivity contribution is 0.539. The summed E-state index contributed by atoms with van der Waals surface area (Å²) in [6, 6.07) is 5.52. The normalized spacial score (nSPS) is 10.4. The highest BCUT2D eigenvalue weighted by atomic mass is 16.1. The molecule has 0 radical (unpaired) electrons. The summed E-state index contributed by atoms with van der Waals surface area (Å²) in [5, 5.41) is 6.40. The number of rotatable bonds is 1. The van der Waals surface area contributed by atoms with E-state index < -0.39 is 0 Å². The van der Waals surface area contributed by atoms with Crippen LogP contribution < -0.4 is 0 Å². The molecule has 0 aromatic rings. The molecule has 0 saturated heterocycles. The van der Waals surface area contributed by atoms with Crippen molar-refractivity contribution < 1.29 is 4.79 Å². The fraction of sp³-hybridized carbons (Fsp3) is 0. The van der Waals surface area contributed by atoms with E-state index in [-0.39, 0.29) is 0 Å². The number of aromatic amines is 1. The Bertz CT molecular complexity index is 322. The molecule has 4 nitrogen and oxygen atoms in total. The molecule has 0 bridgehead atoms. The Hall–Kier alpha value is -1.58. The Morgan fingerprint density at radius 2 is 2.50 bits per heavy atom. The maximum Gasteiger partial charge on any atom is 0.234 e. The summed E-state index contributed by atoms with van der Waals surface area (Å²) in [7, 11) is 0. The lowest BCUT2D eigenvalue weighted by atomic mass is 10.4. The molecule has 4 heteroatoms. The zero-order chi connectivity index (χ0) is 6.97. The Morgan fingerprint density at radius 1 is 1.60 bits per heavy atom. The fourth-order valence-corrected chi connectivity index (χ4v) is 0.941. The largest absolute Gasteiger partial charge is 0.276 e. The number of hydrogen-bond donors (Lipinski definition) is 1. The average molecular weight is 135 g/mol. The highest BCUT2D eigenvalue weighted by Gasteiger charge is 2.07. The van der Waals surface area contributed by atoms with Gasteiger partial charge >= 0.3 is 0 Å². The maximum absolute atomic E-state index is 10.3. The number of hydrogen-bond acceptors (Lipinski definition) is 2. The molecule has 0 amide bonds. The van der Waals surface area contributed by atoms with Crippen LogP contribution in [0.15, 0.2) is 18.2 Å². The van der Waals surface area contributed by atoms with Gasteiger partial charge in [-0.3, -0.25) is 4.79 Å². The quantitative estimate of drug-likeness (QED) is 0.574. The van der Waals surface area contributed by atoms with Crippen LogP contribution in [0.1, 0.15) is 0 Å². The van der Waals surface area contributed by atoms with Crippen LogP contribution in [-0.4, -0.2) is 21.4 Å². The topological polar surface area (TPSA) is 50.7 Å². The Balaban J connectivity index is 2.71. The molecule has 10 heavy (non-hydrogen) atoms. The Kier molecular flexibility index (Phi) is 0.887. The smallest absolute Gasteiger partial charge is 0.234 e. The number of nitrogens with one attached hydrogen (secondary N) is 1. The van der Waals surface area contributed by atoms with Crippen LogP contribution in [0.4, 0.5) is 0 Å². The summed E-state index contributed by atoms with van der Waals surface area (Å²) in [5.74, 6) is 0. The molecule has 0 saturated carbocycles. The van der Waals surface area contributed by atoms with Crippen molar-refractivity contribution in [3.05, 3.63) is 18.2 Å². The number of H-pyrrole nitrogens is 1. The standard InChI is InChI=1S/C6H5N3O/c10-4-9-6-3-1-2-5(6)7-8-9/h1-4,8H. The van der Waals surface area contributed by atoms with Gasteiger partial charge in [-0.25, -0.2) is 9.90 Å². The van der Waals surface area contributed by atoms with E-state index >= 15 is 0 Å². The molecule has 1 aliphatic carbocycles. The lowest BCUT2D eigenvalue weighted by Gasteiger charge is -1.87. The van der Waals surface area contributed by atoms with Gasteiger partial charge in [0.15, 0.2) is 0 Å². The van der Waals surface area contributed by atoms with E-state index in [0.29, 0.717) is 6.41 Å². The first-order valence-corrected chi connectivity index (χ1v) is 2.88. The first-order chi connectivity index (χ1) is 4.92. The molecule has 1 N–H and O–H groups in total. The van der Waals surface area contributed by atoms with Gasteiger partial charge in [-0.2, -0.15) is 5.10 Å². The predicted molar refractivity (Wildman–Crippen MR) is 35.3 cm³/mol. The number of fused-ring (bicyclic) bond motifs is 1. The van der Waals surface area contributed by atoms with Crippen molar-refractivity contribution >= 4 is 6.41 Å². The van der Waals surface area contributed by atoms with Crippen molar-refractivity contribution in [2.75, 3.05) is 0 Å². The van der Waals surface area contributed by atoms with E-state index in [4.69, 9.17) is 0 Å². The van der Waals surface area contributed by atoms with E-state index in [9.17, 15) is 4.79 Å². The molecule has 0 aromatic carbocycles. The molecule has 50 valence electrons. The number of carbonyl (C=O) groups is 1. The van der Waals surface area contributed by atoms with Crippen LogP contribution in [0, 0.1) is 0 Å². The Labute approximate surface area is 56.8 Å². The fourth-order valence-electron chi connectivity index (χ4n) is 0.941. The molecule has 0 aromatic heterocycles. The number of nitrogens with zero attached hydrogens (tertiary/aromatic N) is 2. The average Bonchev–Trinajstić information content (AvgIpc) is 2.44. The minimum absolute atomic E-state index is 0.690. The van der Waals surface area contributed by atoms with E-state index in [0.717, 1.165) is 11.4 Å². The summed E-state index contributed by atoms with van der Waals surface area (Å²) in [6.07, 6.45) is 0.690. The highest BCUT2D eigenvalue weighted by Crippen LogP contribution is 2.17. The van der Waals surface area contributed by atoms with Crippen LogP contribution in [0.3, 0.4) is 0 Å². The number of carbonyl (C=O) groups excluding carboxylic acids is 1. The van der Waals surface area contributed by atoms with E-state index in [1.807, 2.05) is 18.2 Å². The molecule has 0 unspecified atom stereocenters. The highest BCUT2D eigenvalue weighted by molar-refractivity contribution is 5.66. The van der Waals surface area contributed by atoms with Crippen LogP contribution in [0.2, 0.25) is 0 Å².